The van der Waals surface area contributed by atoms with Gasteiger partial charge in [0, 0.05) is 0 Å². The van der Waals surface area contributed by atoms with E-state index >= 15 is 0 Å². The van der Waals surface area contributed by atoms with Gasteiger partial charge < -0.3 is 4.74 Å². The summed E-state index contributed by atoms with van der Waals surface area (Å²) in [5, 5.41) is 2.15. The van der Waals surface area contributed by atoms with Crippen LogP contribution in [0.2, 0.25) is 5.15 Å². The smallest absolute Gasteiger partial charge is 0.444 e. The van der Waals surface area contributed by atoms with E-state index in [-0.39, 0.29) is 16.5 Å². The van der Waals surface area contributed by atoms with E-state index in [1.807, 2.05) is 0 Å². The lowest BCUT2D eigenvalue weighted by Gasteiger charge is -2.20. The van der Waals surface area contributed by atoms with E-state index in [0.717, 1.165) is 0 Å². The highest BCUT2D eigenvalue weighted by molar-refractivity contribution is 6.29. The first-order valence-electron chi connectivity index (χ1n) is 6.14. The quantitative estimate of drug-likeness (QED) is 0.852. The third-order valence-electron chi connectivity index (χ3n) is 2.22. The number of carbonyl (C=O) groups is 2. The summed E-state index contributed by atoms with van der Waals surface area (Å²) in [7, 11) is 0. The summed E-state index contributed by atoms with van der Waals surface area (Å²) in [6.07, 6.45) is -6.90. The average molecular weight is 339 g/mol. The van der Waals surface area contributed by atoms with Crippen LogP contribution < -0.4 is 5.32 Å². The molecule has 0 saturated heterocycles. The first kappa shape index (κ1) is 18.2. The predicted molar refractivity (Wildman–Crippen MR) is 73.9 cm³/mol. The molecule has 9 heteroatoms. The van der Waals surface area contributed by atoms with Crippen LogP contribution >= 0.6 is 11.6 Å². The average Bonchev–Trinajstić information content (AvgIpc) is 2.29. The maximum Gasteiger partial charge on any atom is 0.450 e. The Bertz CT molecular complexity index is 583. The van der Waals surface area contributed by atoms with E-state index in [1.165, 1.54) is 12.1 Å². The summed E-state index contributed by atoms with van der Waals surface area (Å²) in [6, 6.07) is 2.52. The molecule has 0 radical (unpaired) electrons. The first-order chi connectivity index (χ1) is 9.88. The van der Waals surface area contributed by atoms with Crippen LogP contribution in [0.1, 0.15) is 26.5 Å². The highest BCUT2D eigenvalue weighted by atomic mass is 35.5. The molecule has 0 bridgehead atoms. The lowest BCUT2D eigenvalue weighted by molar-refractivity contribution is -0.170. The van der Waals surface area contributed by atoms with Gasteiger partial charge in [-0.25, -0.2) is 9.78 Å². The predicted octanol–water partition coefficient (Wildman–Crippen LogP) is 3.76. The van der Waals surface area contributed by atoms with Crippen LogP contribution in [-0.4, -0.2) is 28.6 Å². The van der Waals surface area contributed by atoms with Crippen LogP contribution in [0.5, 0.6) is 0 Å². The van der Waals surface area contributed by atoms with Gasteiger partial charge in [0.1, 0.15) is 10.8 Å². The van der Waals surface area contributed by atoms with Crippen LogP contribution in [0.25, 0.3) is 0 Å². The Morgan fingerprint density at radius 3 is 2.36 bits per heavy atom. The Labute approximate surface area is 129 Å². The number of halogens is 4. The van der Waals surface area contributed by atoms with Gasteiger partial charge in [-0.2, -0.15) is 13.2 Å². The highest BCUT2D eigenvalue weighted by Gasteiger charge is 2.38. The first-order valence-corrected chi connectivity index (χ1v) is 6.52. The fourth-order valence-electron chi connectivity index (χ4n) is 1.39. The van der Waals surface area contributed by atoms with Gasteiger partial charge in [0.05, 0.1) is 17.8 Å². The summed E-state index contributed by atoms with van der Waals surface area (Å²) in [5.74, 6) is -1.99. The zero-order valence-electron chi connectivity index (χ0n) is 12.0. The van der Waals surface area contributed by atoms with Crippen molar-refractivity contribution in [2.75, 3.05) is 5.32 Å². The minimum absolute atomic E-state index is 0.0729. The number of hydrogen-bond acceptors (Lipinski definition) is 4. The number of amides is 1. The lowest BCUT2D eigenvalue weighted by Crippen LogP contribution is -2.28. The zero-order chi connectivity index (χ0) is 17.1. The molecule has 0 atom stereocenters. The molecular formula is C13H14ClF3N2O3. The molecule has 0 aliphatic rings. The Balaban J connectivity index is 2.96. The minimum atomic E-state index is -4.99. The zero-order valence-corrected chi connectivity index (χ0v) is 12.8. The molecule has 1 rings (SSSR count). The fraction of sp³-hybridized carbons (Fsp3) is 0.462. The number of pyridine rings is 1. The highest BCUT2D eigenvalue weighted by Crippen LogP contribution is 2.23. The number of ketones is 1. The van der Waals surface area contributed by atoms with Crippen molar-refractivity contribution in [3.63, 3.8) is 0 Å². The van der Waals surface area contributed by atoms with E-state index in [4.69, 9.17) is 16.3 Å². The van der Waals surface area contributed by atoms with Gasteiger partial charge in [-0.15, -0.1) is 0 Å². The number of rotatable bonds is 3. The van der Waals surface area contributed by atoms with Gasteiger partial charge >= 0.3 is 12.3 Å². The molecule has 1 amide bonds. The minimum Gasteiger partial charge on any atom is -0.444 e. The van der Waals surface area contributed by atoms with E-state index in [0.29, 0.717) is 0 Å². The van der Waals surface area contributed by atoms with Crippen molar-refractivity contribution >= 4 is 29.2 Å². The Kier molecular flexibility index (Phi) is 5.39. The summed E-state index contributed by atoms with van der Waals surface area (Å²) in [5.41, 5.74) is -1.15. The maximum atomic E-state index is 12.3. The van der Waals surface area contributed by atoms with E-state index in [1.54, 1.807) is 20.8 Å². The number of aromatic nitrogens is 1. The Hall–Kier alpha value is -1.83. The molecule has 1 aromatic heterocycles. The molecule has 0 fully saturated rings. The number of alkyl halides is 3. The number of Topliss-reactive ketones (excluding diaryl/α,β-unsaturated/α-hetero) is 1. The van der Waals surface area contributed by atoms with Gasteiger partial charge in [-0.05, 0) is 32.9 Å². The second-order valence-corrected chi connectivity index (χ2v) is 5.74. The second-order valence-electron chi connectivity index (χ2n) is 5.35. The van der Waals surface area contributed by atoms with E-state index in [2.05, 4.69) is 10.3 Å². The van der Waals surface area contributed by atoms with Crippen LogP contribution in [0.15, 0.2) is 12.1 Å². The standard InChI is InChI=1S/C13H14ClF3N2O3/c1-12(2,3)22-11(21)19-7-4-5-10(14)18-8(7)6-9(20)13(15,16)17/h4-5H,6H2,1-3H3,(H,19,21). The van der Waals surface area contributed by atoms with Crippen molar-refractivity contribution < 1.29 is 27.5 Å². The molecule has 22 heavy (non-hydrogen) atoms. The van der Waals surface area contributed by atoms with Crippen molar-refractivity contribution in [2.24, 2.45) is 0 Å². The molecule has 0 aliphatic heterocycles. The molecule has 0 spiro atoms. The Morgan fingerprint density at radius 2 is 1.86 bits per heavy atom. The van der Waals surface area contributed by atoms with Gasteiger partial charge in [-0.3, -0.25) is 10.1 Å². The van der Waals surface area contributed by atoms with Crippen molar-refractivity contribution in [1.29, 1.82) is 0 Å². The summed E-state index contributed by atoms with van der Waals surface area (Å²) < 4.78 is 42.0. The SMILES string of the molecule is CC(C)(C)OC(=O)Nc1ccc(Cl)nc1CC(=O)C(F)(F)F. The molecule has 1 N–H and O–H groups in total. The molecule has 1 aromatic rings. The van der Waals surface area contributed by atoms with Gasteiger partial charge in [0.2, 0.25) is 5.78 Å². The number of carbonyl (C=O) groups excluding carboxylic acids is 2. The second kappa shape index (κ2) is 6.51. The molecule has 1 heterocycles. The molecule has 0 unspecified atom stereocenters. The molecule has 0 aromatic carbocycles. The number of anilines is 1. The molecular weight excluding hydrogens is 325 g/mol. The third-order valence-corrected chi connectivity index (χ3v) is 2.43. The Morgan fingerprint density at radius 1 is 1.27 bits per heavy atom. The summed E-state index contributed by atoms with van der Waals surface area (Å²) in [4.78, 5) is 26.4. The van der Waals surface area contributed by atoms with Crippen LogP contribution in [0, 0.1) is 0 Å². The molecule has 0 aliphatic carbocycles. The largest absolute Gasteiger partial charge is 0.450 e. The van der Waals surface area contributed by atoms with Gasteiger partial charge in [0.15, 0.2) is 0 Å². The van der Waals surface area contributed by atoms with Crippen molar-refractivity contribution in [3.8, 4) is 0 Å². The van der Waals surface area contributed by atoms with Crippen LogP contribution in [0.3, 0.4) is 0 Å². The number of nitrogens with zero attached hydrogens (tertiary/aromatic N) is 1. The lowest BCUT2D eigenvalue weighted by atomic mass is 10.1. The number of hydrogen-bond donors (Lipinski definition) is 1. The maximum absolute atomic E-state index is 12.3. The monoisotopic (exact) mass is 338 g/mol. The van der Waals surface area contributed by atoms with E-state index in [9.17, 15) is 22.8 Å². The van der Waals surface area contributed by atoms with Gasteiger partial charge in [-0.1, -0.05) is 11.6 Å². The number of nitrogens with one attached hydrogen (secondary N) is 1. The molecule has 0 saturated carbocycles. The van der Waals surface area contributed by atoms with Crippen molar-refractivity contribution in [3.05, 3.63) is 23.0 Å². The normalized spacial score (nSPS) is 12.0. The molecule has 122 valence electrons. The summed E-state index contributed by atoms with van der Waals surface area (Å²) >= 11 is 5.61. The summed E-state index contributed by atoms with van der Waals surface area (Å²) in [6.45, 7) is 4.88. The van der Waals surface area contributed by atoms with Gasteiger partial charge in [0.25, 0.3) is 0 Å². The van der Waals surface area contributed by atoms with Crippen LogP contribution in [0.4, 0.5) is 23.7 Å². The fourth-order valence-corrected chi connectivity index (χ4v) is 1.55. The number of ether oxygens (including phenoxy) is 1. The van der Waals surface area contributed by atoms with Crippen molar-refractivity contribution in [1.82, 2.24) is 4.98 Å². The van der Waals surface area contributed by atoms with Crippen molar-refractivity contribution in [2.45, 2.75) is 39.0 Å². The van der Waals surface area contributed by atoms with Crippen LogP contribution in [-0.2, 0) is 16.0 Å². The third kappa shape index (κ3) is 5.88. The topological polar surface area (TPSA) is 68.3 Å². The molecule has 5 nitrogen and oxygen atoms in total. The van der Waals surface area contributed by atoms with E-state index < -0.39 is 30.1 Å².